The molecule has 1 amide bonds. The third-order valence-corrected chi connectivity index (χ3v) is 4.49. The lowest BCUT2D eigenvalue weighted by atomic mass is 9.78. The van der Waals surface area contributed by atoms with Crippen molar-refractivity contribution in [2.75, 3.05) is 26.2 Å². The van der Waals surface area contributed by atoms with E-state index in [0.717, 1.165) is 32.6 Å². The molecule has 2 saturated heterocycles. The van der Waals surface area contributed by atoms with Gasteiger partial charge in [-0.2, -0.15) is 0 Å². The number of amides is 1. The third kappa shape index (κ3) is 2.91. The normalized spacial score (nSPS) is 21.4. The topological polar surface area (TPSA) is 48.1 Å². The van der Waals surface area contributed by atoms with Crippen LogP contribution in [0.15, 0.2) is 12.3 Å². The fourth-order valence-corrected chi connectivity index (χ4v) is 3.30. The van der Waals surface area contributed by atoms with Gasteiger partial charge < -0.3 is 15.2 Å². The van der Waals surface area contributed by atoms with Gasteiger partial charge >= 0.3 is 0 Å². The number of hydrogen-bond acceptors (Lipinski definition) is 2. The number of aromatic amines is 1. The summed E-state index contributed by atoms with van der Waals surface area (Å²) in [5, 5.41) is 3.98. The van der Waals surface area contributed by atoms with E-state index in [2.05, 4.69) is 10.3 Å². The average Bonchev–Trinajstić information content (AvgIpc) is 2.97. The zero-order valence-electron chi connectivity index (χ0n) is 10.7. The van der Waals surface area contributed by atoms with Crippen LogP contribution < -0.4 is 5.32 Å². The second kappa shape index (κ2) is 5.73. The maximum absolute atomic E-state index is 12.3. The number of nitrogens with zero attached hydrogens (tertiary/aromatic N) is 1. The van der Waals surface area contributed by atoms with Crippen molar-refractivity contribution >= 4 is 29.9 Å². The Labute approximate surface area is 124 Å². The van der Waals surface area contributed by atoms with Gasteiger partial charge in [0.15, 0.2) is 0 Å². The van der Waals surface area contributed by atoms with Gasteiger partial charge in [-0.05, 0) is 43.8 Å². The van der Waals surface area contributed by atoms with Gasteiger partial charge in [0.2, 0.25) is 0 Å². The predicted octanol–water partition coefficient (Wildman–Crippen LogP) is 2.31. The molecule has 2 aliphatic heterocycles. The van der Waals surface area contributed by atoms with E-state index in [4.69, 9.17) is 11.6 Å². The molecule has 2 fully saturated rings. The first-order valence-electron chi connectivity index (χ1n) is 6.53. The van der Waals surface area contributed by atoms with Crippen LogP contribution in [0.2, 0.25) is 5.02 Å². The van der Waals surface area contributed by atoms with E-state index in [-0.39, 0.29) is 18.3 Å². The highest BCUT2D eigenvalue weighted by molar-refractivity contribution is 6.30. The van der Waals surface area contributed by atoms with Gasteiger partial charge in [0.05, 0.1) is 5.02 Å². The molecule has 2 N–H and O–H groups in total. The summed E-state index contributed by atoms with van der Waals surface area (Å²) in [6, 6.07) is 1.71. The first kappa shape index (κ1) is 14.7. The Morgan fingerprint density at radius 2 is 2.05 bits per heavy atom. The molecule has 0 radical (unpaired) electrons. The summed E-state index contributed by atoms with van der Waals surface area (Å²) in [6.45, 7) is 3.92. The van der Waals surface area contributed by atoms with Gasteiger partial charge in [-0.3, -0.25) is 4.79 Å². The van der Waals surface area contributed by atoms with Crippen LogP contribution in [0.1, 0.15) is 29.8 Å². The molecule has 1 aromatic rings. The van der Waals surface area contributed by atoms with Crippen molar-refractivity contribution in [3.05, 3.63) is 23.0 Å². The highest BCUT2D eigenvalue weighted by Gasteiger charge is 2.40. The summed E-state index contributed by atoms with van der Waals surface area (Å²) in [7, 11) is 0. The van der Waals surface area contributed by atoms with Crippen molar-refractivity contribution in [3.63, 3.8) is 0 Å². The van der Waals surface area contributed by atoms with Crippen molar-refractivity contribution in [2.24, 2.45) is 5.41 Å². The standard InChI is InChI=1S/C13H18ClN3O.ClH/c14-10-7-11(16-8-10)12(18)17-6-3-13(9-17)1-4-15-5-2-13;/h7-8,15-16H,1-6,9H2;1H. The van der Waals surface area contributed by atoms with Gasteiger partial charge in [-0.25, -0.2) is 0 Å². The number of aromatic nitrogens is 1. The molecule has 0 bridgehead atoms. The molecule has 4 nitrogen and oxygen atoms in total. The van der Waals surface area contributed by atoms with Crippen LogP contribution in [0, 0.1) is 5.41 Å². The lowest BCUT2D eigenvalue weighted by Crippen LogP contribution is -2.39. The Morgan fingerprint density at radius 1 is 1.32 bits per heavy atom. The number of H-pyrrole nitrogens is 1. The SMILES string of the molecule is Cl.O=C(c1cc(Cl)c[nH]1)N1CCC2(CCNCC2)C1. The summed E-state index contributed by atoms with van der Waals surface area (Å²) in [5.74, 6) is 0.0808. The molecule has 106 valence electrons. The van der Waals surface area contributed by atoms with Gasteiger partial charge in [-0.1, -0.05) is 11.6 Å². The van der Waals surface area contributed by atoms with E-state index < -0.39 is 0 Å². The van der Waals surface area contributed by atoms with Crippen LogP contribution in [0.25, 0.3) is 0 Å². The molecule has 0 unspecified atom stereocenters. The molecule has 3 heterocycles. The zero-order chi connectivity index (χ0) is 12.6. The first-order chi connectivity index (χ1) is 8.69. The molecule has 0 aromatic carbocycles. The first-order valence-corrected chi connectivity index (χ1v) is 6.90. The predicted molar refractivity (Wildman–Crippen MR) is 78.1 cm³/mol. The number of rotatable bonds is 1. The zero-order valence-corrected chi connectivity index (χ0v) is 12.3. The van der Waals surface area contributed by atoms with Crippen molar-refractivity contribution in [2.45, 2.75) is 19.3 Å². The number of piperidine rings is 1. The van der Waals surface area contributed by atoms with Gasteiger partial charge in [0.25, 0.3) is 5.91 Å². The minimum atomic E-state index is 0. The Bertz CT molecular complexity index is 454. The van der Waals surface area contributed by atoms with Crippen LogP contribution in [0.5, 0.6) is 0 Å². The second-order valence-electron chi connectivity index (χ2n) is 5.46. The monoisotopic (exact) mass is 303 g/mol. The molecule has 6 heteroatoms. The highest BCUT2D eigenvalue weighted by atomic mass is 35.5. The maximum Gasteiger partial charge on any atom is 0.270 e. The van der Waals surface area contributed by atoms with Crippen molar-refractivity contribution in [3.8, 4) is 0 Å². The largest absolute Gasteiger partial charge is 0.356 e. The van der Waals surface area contributed by atoms with Gasteiger partial charge in [0.1, 0.15) is 5.69 Å². The van der Waals surface area contributed by atoms with Crippen LogP contribution in [0.3, 0.4) is 0 Å². The molecule has 2 aliphatic rings. The highest BCUT2D eigenvalue weighted by Crippen LogP contribution is 2.38. The summed E-state index contributed by atoms with van der Waals surface area (Å²) < 4.78 is 0. The van der Waals surface area contributed by atoms with Crippen LogP contribution >= 0.6 is 24.0 Å². The minimum absolute atomic E-state index is 0. The van der Waals surface area contributed by atoms with E-state index in [1.54, 1.807) is 12.3 Å². The number of nitrogens with one attached hydrogen (secondary N) is 2. The lowest BCUT2D eigenvalue weighted by molar-refractivity contribution is 0.0757. The Kier molecular flexibility index (Phi) is 4.43. The number of likely N-dealkylation sites (tertiary alicyclic amines) is 1. The number of halogens is 2. The Hall–Kier alpha value is -0.710. The third-order valence-electron chi connectivity index (χ3n) is 4.27. The molecule has 0 saturated carbocycles. The second-order valence-corrected chi connectivity index (χ2v) is 5.89. The van der Waals surface area contributed by atoms with Crippen molar-refractivity contribution in [1.29, 1.82) is 0 Å². The van der Waals surface area contributed by atoms with Crippen LogP contribution in [0.4, 0.5) is 0 Å². The lowest BCUT2D eigenvalue weighted by Gasteiger charge is -2.33. The van der Waals surface area contributed by atoms with Crippen LogP contribution in [-0.4, -0.2) is 42.0 Å². The summed E-state index contributed by atoms with van der Waals surface area (Å²) in [5.41, 5.74) is 0.961. The van der Waals surface area contributed by atoms with E-state index in [0.29, 0.717) is 16.1 Å². The molecule has 1 spiro atoms. The van der Waals surface area contributed by atoms with Gasteiger partial charge in [0, 0.05) is 19.3 Å². The summed E-state index contributed by atoms with van der Waals surface area (Å²) in [6.07, 6.45) is 5.16. The molecule has 0 atom stereocenters. The molecule has 0 aliphatic carbocycles. The Balaban J connectivity index is 0.00000133. The average molecular weight is 304 g/mol. The van der Waals surface area contributed by atoms with Crippen LogP contribution in [-0.2, 0) is 0 Å². The van der Waals surface area contributed by atoms with E-state index in [9.17, 15) is 4.79 Å². The van der Waals surface area contributed by atoms with E-state index in [1.807, 2.05) is 4.90 Å². The molecular weight excluding hydrogens is 285 g/mol. The maximum atomic E-state index is 12.3. The fraction of sp³-hybridized carbons (Fsp3) is 0.615. The molecular formula is C13H19Cl2N3O. The van der Waals surface area contributed by atoms with Crippen molar-refractivity contribution in [1.82, 2.24) is 15.2 Å². The molecule has 1 aromatic heterocycles. The summed E-state index contributed by atoms with van der Waals surface area (Å²) in [4.78, 5) is 17.2. The van der Waals surface area contributed by atoms with Crippen molar-refractivity contribution < 1.29 is 4.79 Å². The smallest absolute Gasteiger partial charge is 0.270 e. The van der Waals surface area contributed by atoms with E-state index >= 15 is 0 Å². The molecule has 19 heavy (non-hydrogen) atoms. The van der Waals surface area contributed by atoms with E-state index in [1.165, 1.54) is 12.8 Å². The van der Waals surface area contributed by atoms with Gasteiger partial charge in [-0.15, -0.1) is 12.4 Å². The number of carbonyl (C=O) groups excluding carboxylic acids is 1. The number of hydrogen-bond donors (Lipinski definition) is 2. The summed E-state index contributed by atoms with van der Waals surface area (Å²) >= 11 is 5.84. The fourth-order valence-electron chi connectivity index (χ4n) is 3.14. The Morgan fingerprint density at radius 3 is 2.68 bits per heavy atom. The molecule has 3 rings (SSSR count). The number of carbonyl (C=O) groups is 1. The minimum Gasteiger partial charge on any atom is -0.356 e. The quantitative estimate of drug-likeness (QED) is 0.836.